The summed E-state index contributed by atoms with van der Waals surface area (Å²) in [6.45, 7) is 2.11. The van der Waals surface area contributed by atoms with Gasteiger partial charge in [-0.05, 0) is 18.9 Å². The van der Waals surface area contributed by atoms with E-state index in [1.807, 2.05) is 0 Å². The van der Waals surface area contributed by atoms with Crippen molar-refractivity contribution in [3.8, 4) is 0 Å². The summed E-state index contributed by atoms with van der Waals surface area (Å²) in [6, 6.07) is 9.12. The molecule has 0 fully saturated rings. The van der Waals surface area contributed by atoms with Crippen LogP contribution in [0, 0.1) is 6.92 Å². The number of nitrogens with zero attached hydrogens (tertiary/aromatic N) is 1. The summed E-state index contributed by atoms with van der Waals surface area (Å²) in [5, 5.41) is 2.88. The number of oxazole rings is 1. The summed E-state index contributed by atoms with van der Waals surface area (Å²) in [4.78, 5) is 4.09. The van der Waals surface area contributed by atoms with Gasteiger partial charge in [-0.1, -0.05) is 29.8 Å². The Kier molecular flexibility index (Phi) is 3.25. The minimum Gasteiger partial charge on any atom is -0.429 e. The standard InChI is InChI=1S/C13H16N2O/c1-10-4-3-5-11(8-10)6-7-12-9-15-13(14-2)16-12/h3-5,8-9H,6-7H2,1-2H3,(H,14,15). The molecule has 3 heteroatoms. The van der Waals surface area contributed by atoms with E-state index in [1.54, 1.807) is 13.2 Å². The second-order valence-electron chi connectivity index (χ2n) is 3.87. The van der Waals surface area contributed by atoms with Crippen LogP contribution in [-0.4, -0.2) is 12.0 Å². The van der Waals surface area contributed by atoms with Gasteiger partial charge in [-0.25, -0.2) is 4.98 Å². The first kappa shape index (κ1) is 10.7. The largest absolute Gasteiger partial charge is 0.429 e. The van der Waals surface area contributed by atoms with Gasteiger partial charge in [-0.15, -0.1) is 0 Å². The molecule has 0 saturated heterocycles. The van der Waals surface area contributed by atoms with E-state index in [-0.39, 0.29) is 0 Å². The first-order chi connectivity index (χ1) is 7.78. The van der Waals surface area contributed by atoms with Crippen molar-refractivity contribution in [1.82, 2.24) is 4.98 Å². The topological polar surface area (TPSA) is 38.1 Å². The summed E-state index contributed by atoms with van der Waals surface area (Å²) in [5.74, 6) is 0.922. The fourth-order valence-electron chi connectivity index (χ4n) is 1.67. The third-order valence-electron chi connectivity index (χ3n) is 2.51. The Balaban J connectivity index is 1.96. The highest BCUT2D eigenvalue weighted by Gasteiger charge is 2.02. The molecule has 1 heterocycles. The number of aromatic nitrogens is 1. The van der Waals surface area contributed by atoms with Crippen molar-refractivity contribution in [1.29, 1.82) is 0 Å². The highest BCUT2D eigenvalue weighted by molar-refractivity contribution is 5.23. The fourth-order valence-corrected chi connectivity index (χ4v) is 1.67. The smallest absolute Gasteiger partial charge is 0.294 e. The Morgan fingerprint density at radius 3 is 2.88 bits per heavy atom. The van der Waals surface area contributed by atoms with Gasteiger partial charge in [0.05, 0.1) is 6.20 Å². The van der Waals surface area contributed by atoms with Gasteiger partial charge in [0.15, 0.2) is 0 Å². The summed E-state index contributed by atoms with van der Waals surface area (Å²) < 4.78 is 5.46. The van der Waals surface area contributed by atoms with Gasteiger partial charge in [-0.2, -0.15) is 0 Å². The molecule has 0 aliphatic heterocycles. The van der Waals surface area contributed by atoms with E-state index in [0.29, 0.717) is 6.01 Å². The minimum atomic E-state index is 0.583. The maximum Gasteiger partial charge on any atom is 0.294 e. The maximum absolute atomic E-state index is 5.46. The molecule has 0 spiro atoms. The Morgan fingerprint density at radius 2 is 2.19 bits per heavy atom. The number of hydrogen-bond donors (Lipinski definition) is 1. The lowest BCUT2D eigenvalue weighted by atomic mass is 10.1. The van der Waals surface area contributed by atoms with E-state index in [4.69, 9.17) is 4.42 Å². The van der Waals surface area contributed by atoms with Crippen LogP contribution in [0.1, 0.15) is 16.9 Å². The Bertz CT molecular complexity index is 462. The third-order valence-corrected chi connectivity index (χ3v) is 2.51. The number of rotatable bonds is 4. The Morgan fingerprint density at radius 1 is 1.31 bits per heavy atom. The molecule has 0 aliphatic rings. The van der Waals surface area contributed by atoms with E-state index in [0.717, 1.165) is 18.6 Å². The van der Waals surface area contributed by atoms with E-state index in [1.165, 1.54) is 11.1 Å². The van der Waals surface area contributed by atoms with Gasteiger partial charge in [0.25, 0.3) is 6.01 Å². The van der Waals surface area contributed by atoms with Gasteiger partial charge in [-0.3, -0.25) is 0 Å². The maximum atomic E-state index is 5.46. The summed E-state index contributed by atoms with van der Waals surface area (Å²) >= 11 is 0. The molecule has 2 rings (SSSR count). The van der Waals surface area contributed by atoms with E-state index < -0.39 is 0 Å². The minimum absolute atomic E-state index is 0.583. The van der Waals surface area contributed by atoms with Crippen molar-refractivity contribution < 1.29 is 4.42 Å². The van der Waals surface area contributed by atoms with Crippen LogP contribution in [-0.2, 0) is 12.8 Å². The molecule has 0 atom stereocenters. The molecule has 3 nitrogen and oxygen atoms in total. The first-order valence-electron chi connectivity index (χ1n) is 5.46. The zero-order valence-electron chi connectivity index (χ0n) is 9.66. The van der Waals surface area contributed by atoms with Crippen LogP contribution in [0.2, 0.25) is 0 Å². The summed E-state index contributed by atoms with van der Waals surface area (Å²) in [5.41, 5.74) is 2.63. The van der Waals surface area contributed by atoms with Crippen LogP contribution < -0.4 is 5.32 Å². The molecule has 0 unspecified atom stereocenters. The first-order valence-corrected chi connectivity index (χ1v) is 5.46. The van der Waals surface area contributed by atoms with E-state index in [2.05, 4.69) is 41.5 Å². The molecule has 0 amide bonds. The average Bonchev–Trinajstić information content (AvgIpc) is 2.74. The Labute approximate surface area is 95.5 Å². The van der Waals surface area contributed by atoms with Gasteiger partial charge in [0.2, 0.25) is 0 Å². The van der Waals surface area contributed by atoms with Crippen molar-refractivity contribution in [2.24, 2.45) is 0 Å². The molecule has 0 aliphatic carbocycles. The van der Waals surface area contributed by atoms with Crippen LogP contribution in [0.3, 0.4) is 0 Å². The van der Waals surface area contributed by atoms with E-state index in [9.17, 15) is 0 Å². The molecule has 84 valence electrons. The fraction of sp³-hybridized carbons (Fsp3) is 0.308. The van der Waals surface area contributed by atoms with Crippen LogP contribution >= 0.6 is 0 Å². The summed E-state index contributed by atoms with van der Waals surface area (Å²) in [7, 11) is 1.80. The predicted octanol–water partition coefficient (Wildman–Crippen LogP) is 2.81. The van der Waals surface area contributed by atoms with E-state index >= 15 is 0 Å². The molecule has 16 heavy (non-hydrogen) atoms. The molecule has 2 aromatic rings. The average molecular weight is 216 g/mol. The number of anilines is 1. The lowest BCUT2D eigenvalue weighted by Crippen LogP contribution is -1.90. The van der Waals surface area contributed by atoms with Crippen LogP contribution in [0.5, 0.6) is 0 Å². The van der Waals surface area contributed by atoms with Crippen molar-refractivity contribution in [3.63, 3.8) is 0 Å². The lowest BCUT2D eigenvalue weighted by Gasteiger charge is -2.00. The molecule has 0 saturated carbocycles. The Hall–Kier alpha value is -1.77. The third kappa shape index (κ3) is 2.63. The van der Waals surface area contributed by atoms with Crippen LogP contribution in [0.25, 0.3) is 0 Å². The van der Waals surface area contributed by atoms with Crippen molar-refractivity contribution >= 4 is 6.01 Å². The number of hydrogen-bond acceptors (Lipinski definition) is 3. The molecule has 1 N–H and O–H groups in total. The molecule has 1 aromatic heterocycles. The second-order valence-corrected chi connectivity index (χ2v) is 3.87. The molecule has 0 radical (unpaired) electrons. The highest BCUT2D eigenvalue weighted by atomic mass is 16.4. The van der Waals surface area contributed by atoms with Crippen molar-refractivity contribution in [2.45, 2.75) is 19.8 Å². The SMILES string of the molecule is CNc1ncc(CCc2cccc(C)c2)o1. The predicted molar refractivity (Wildman–Crippen MR) is 64.6 cm³/mol. The van der Waals surface area contributed by atoms with Crippen molar-refractivity contribution in [2.75, 3.05) is 12.4 Å². The molecule has 0 bridgehead atoms. The van der Waals surface area contributed by atoms with Gasteiger partial charge in [0.1, 0.15) is 5.76 Å². The van der Waals surface area contributed by atoms with Gasteiger partial charge >= 0.3 is 0 Å². The quantitative estimate of drug-likeness (QED) is 0.854. The van der Waals surface area contributed by atoms with Crippen LogP contribution in [0.15, 0.2) is 34.9 Å². The van der Waals surface area contributed by atoms with Crippen molar-refractivity contribution in [3.05, 3.63) is 47.3 Å². The second kappa shape index (κ2) is 4.84. The molecular weight excluding hydrogens is 200 g/mol. The molecule has 1 aromatic carbocycles. The normalized spacial score (nSPS) is 10.4. The summed E-state index contributed by atoms with van der Waals surface area (Å²) in [6.07, 6.45) is 3.65. The number of nitrogens with one attached hydrogen (secondary N) is 1. The monoisotopic (exact) mass is 216 g/mol. The van der Waals surface area contributed by atoms with Gasteiger partial charge < -0.3 is 9.73 Å². The number of aryl methyl sites for hydroxylation is 3. The lowest BCUT2D eigenvalue weighted by molar-refractivity contribution is 0.518. The zero-order chi connectivity index (χ0) is 11.4. The zero-order valence-corrected chi connectivity index (χ0v) is 9.66. The highest BCUT2D eigenvalue weighted by Crippen LogP contribution is 2.12. The van der Waals surface area contributed by atoms with Gasteiger partial charge in [0, 0.05) is 13.5 Å². The molecular formula is C13H16N2O. The number of benzene rings is 1. The van der Waals surface area contributed by atoms with Crippen LogP contribution in [0.4, 0.5) is 6.01 Å².